The van der Waals surface area contributed by atoms with Crippen LogP contribution < -0.4 is 5.32 Å². The Labute approximate surface area is 165 Å². The Morgan fingerprint density at radius 2 is 1.89 bits per heavy atom. The number of hydrogen-bond acceptors (Lipinski definition) is 3. The van der Waals surface area contributed by atoms with E-state index in [1.54, 1.807) is 24.3 Å². The van der Waals surface area contributed by atoms with Crippen molar-refractivity contribution in [2.24, 2.45) is 0 Å². The minimum atomic E-state index is -0.340. The van der Waals surface area contributed by atoms with Crippen molar-refractivity contribution in [3.63, 3.8) is 0 Å². The van der Waals surface area contributed by atoms with Crippen molar-refractivity contribution in [1.82, 2.24) is 4.98 Å². The fraction of sp³-hybridized carbons (Fsp3) is 0.0476. The van der Waals surface area contributed by atoms with Crippen molar-refractivity contribution in [3.8, 4) is 11.5 Å². The standard InChI is InChI=1S/C21H14Cl2N2O2/c1-12-5-8-19-18(9-12)25-21(27-19)13-3-2-4-15(10-13)24-20(26)16-11-14(22)6-7-17(16)23/h2-11H,1H3,(H,24,26). The number of aryl methyl sites for hydroxylation is 1. The lowest BCUT2D eigenvalue weighted by molar-refractivity contribution is 0.102. The third kappa shape index (κ3) is 3.68. The Balaban J connectivity index is 1.63. The van der Waals surface area contributed by atoms with E-state index in [2.05, 4.69) is 10.3 Å². The van der Waals surface area contributed by atoms with Crippen LogP contribution in [0.3, 0.4) is 0 Å². The first-order valence-electron chi connectivity index (χ1n) is 8.23. The highest BCUT2D eigenvalue weighted by molar-refractivity contribution is 6.36. The molecule has 0 saturated heterocycles. The van der Waals surface area contributed by atoms with Crippen LogP contribution in [0.4, 0.5) is 5.69 Å². The third-order valence-electron chi connectivity index (χ3n) is 4.08. The smallest absolute Gasteiger partial charge is 0.257 e. The van der Waals surface area contributed by atoms with Crippen molar-refractivity contribution < 1.29 is 9.21 Å². The molecule has 4 rings (SSSR count). The van der Waals surface area contributed by atoms with Gasteiger partial charge in [0.1, 0.15) is 5.52 Å². The van der Waals surface area contributed by atoms with Crippen LogP contribution in [-0.4, -0.2) is 10.9 Å². The van der Waals surface area contributed by atoms with Crippen LogP contribution in [-0.2, 0) is 0 Å². The Morgan fingerprint density at radius 3 is 2.74 bits per heavy atom. The number of oxazole rings is 1. The Morgan fingerprint density at radius 1 is 1.04 bits per heavy atom. The van der Waals surface area contributed by atoms with Gasteiger partial charge in [0.15, 0.2) is 5.58 Å². The number of rotatable bonds is 3. The summed E-state index contributed by atoms with van der Waals surface area (Å²) in [6.07, 6.45) is 0. The maximum Gasteiger partial charge on any atom is 0.257 e. The lowest BCUT2D eigenvalue weighted by atomic mass is 10.1. The molecule has 3 aromatic carbocycles. The molecule has 134 valence electrons. The minimum absolute atomic E-state index is 0.312. The average Bonchev–Trinajstić information content (AvgIpc) is 3.07. The largest absolute Gasteiger partial charge is 0.436 e. The first-order chi connectivity index (χ1) is 13.0. The van der Waals surface area contributed by atoms with E-state index in [9.17, 15) is 4.79 Å². The van der Waals surface area contributed by atoms with Gasteiger partial charge < -0.3 is 9.73 Å². The lowest BCUT2D eigenvalue weighted by Crippen LogP contribution is -2.12. The van der Waals surface area contributed by atoms with E-state index in [-0.39, 0.29) is 5.91 Å². The van der Waals surface area contributed by atoms with Crippen LogP contribution >= 0.6 is 23.2 Å². The number of fused-ring (bicyclic) bond motifs is 1. The van der Waals surface area contributed by atoms with Gasteiger partial charge in [-0.05, 0) is 61.0 Å². The normalized spacial score (nSPS) is 10.9. The number of carbonyl (C=O) groups is 1. The van der Waals surface area contributed by atoms with Gasteiger partial charge in [-0.1, -0.05) is 35.3 Å². The maximum atomic E-state index is 12.5. The number of anilines is 1. The average molecular weight is 397 g/mol. The van der Waals surface area contributed by atoms with E-state index >= 15 is 0 Å². The SMILES string of the molecule is Cc1ccc2oc(-c3cccc(NC(=O)c4cc(Cl)ccc4Cl)c3)nc2c1. The molecule has 0 fully saturated rings. The predicted molar refractivity (Wildman–Crippen MR) is 109 cm³/mol. The zero-order valence-corrected chi connectivity index (χ0v) is 15.8. The molecule has 0 spiro atoms. The van der Waals surface area contributed by atoms with Gasteiger partial charge in [0.2, 0.25) is 5.89 Å². The first kappa shape index (κ1) is 17.6. The summed E-state index contributed by atoms with van der Waals surface area (Å²) in [6.45, 7) is 2.00. The Kier molecular flexibility index (Phi) is 4.60. The molecule has 27 heavy (non-hydrogen) atoms. The van der Waals surface area contributed by atoms with Crippen molar-refractivity contribution in [1.29, 1.82) is 0 Å². The minimum Gasteiger partial charge on any atom is -0.436 e. The molecule has 4 nitrogen and oxygen atoms in total. The molecule has 1 aromatic heterocycles. The second-order valence-corrected chi connectivity index (χ2v) is 6.99. The Bertz CT molecular complexity index is 1170. The molecule has 6 heteroatoms. The number of aromatic nitrogens is 1. The predicted octanol–water partition coefficient (Wildman–Crippen LogP) is 6.36. The molecule has 0 aliphatic carbocycles. The highest BCUT2D eigenvalue weighted by Gasteiger charge is 2.13. The fourth-order valence-electron chi connectivity index (χ4n) is 2.76. The molecule has 0 atom stereocenters. The molecule has 1 N–H and O–H groups in total. The number of amides is 1. The van der Waals surface area contributed by atoms with Crippen molar-refractivity contribution in [3.05, 3.63) is 81.8 Å². The third-order valence-corrected chi connectivity index (χ3v) is 4.65. The summed E-state index contributed by atoms with van der Waals surface area (Å²) in [4.78, 5) is 17.1. The molecule has 0 aliphatic rings. The fourth-order valence-corrected chi connectivity index (χ4v) is 3.14. The topological polar surface area (TPSA) is 55.1 Å². The van der Waals surface area contributed by atoms with Gasteiger partial charge in [-0.2, -0.15) is 0 Å². The highest BCUT2D eigenvalue weighted by Crippen LogP contribution is 2.27. The summed E-state index contributed by atoms with van der Waals surface area (Å²) in [5.41, 5.74) is 4.31. The van der Waals surface area contributed by atoms with Gasteiger partial charge >= 0.3 is 0 Å². The molecular weight excluding hydrogens is 383 g/mol. The summed E-state index contributed by atoms with van der Waals surface area (Å²) >= 11 is 12.1. The van der Waals surface area contributed by atoms with Crippen LogP contribution in [0.15, 0.2) is 65.1 Å². The van der Waals surface area contributed by atoms with Crippen LogP contribution in [0.5, 0.6) is 0 Å². The summed E-state index contributed by atoms with van der Waals surface area (Å²) in [5, 5.41) is 3.61. The van der Waals surface area contributed by atoms with E-state index in [1.807, 2.05) is 37.3 Å². The van der Waals surface area contributed by atoms with Gasteiger partial charge in [0.25, 0.3) is 5.91 Å². The van der Waals surface area contributed by atoms with Gasteiger partial charge in [-0.15, -0.1) is 0 Å². The van der Waals surface area contributed by atoms with E-state index in [0.717, 1.165) is 22.2 Å². The number of hydrogen-bond donors (Lipinski definition) is 1. The zero-order valence-electron chi connectivity index (χ0n) is 14.3. The summed E-state index contributed by atoms with van der Waals surface area (Å²) < 4.78 is 5.83. The van der Waals surface area contributed by atoms with Gasteiger partial charge in [0, 0.05) is 16.3 Å². The van der Waals surface area contributed by atoms with Crippen molar-refractivity contribution in [2.45, 2.75) is 6.92 Å². The number of benzene rings is 3. The van der Waals surface area contributed by atoms with Crippen molar-refractivity contribution in [2.75, 3.05) is 5.32 Å². The number of nitrogens with one attached hydrogen (secondary N) is 1. The van der Waals surface area contributed by atoms with Crippen LogP contribution in [0.1, 0.15) is 15.9 Å². The molecule has 1 heterocycles. The van der Waals surface area contributed by atoms with E-state index in [4.69, 9.17) is 27.6 Å². The maximum absolute atomic E-state index is 12.5. The Hall–Kier alpha value is -2.82. The number of halogens is 2. The number of nitrogens with zero attached hydrogens (tertiary/aromatic N) is 1. The second kappa shape index (κ2) is 7.06. The monoisotopic (exact) mass is 396 g/mol. The summed E-state index contributed by atoms with van der Waals surface area (Å²) in [5.74, 6) is 0.153. The van der Waals surface area contributed by atoms with Gasteiger partial charge in [-0.3, -0.25) is 4.79 Å². The molecule has 0 aliphatic heterocycles. The van der Waals surface area contributed by atoms with Gasteiger partial charge in [0.05, 0.1) is 10.6 Å². The molecule has 0 unspecified atom stereocenters. The lowest BCUT2D eigenvalue weighted by Gasteiger charge is -2.08. The molecule has 0 radical (unpaired) electrons. The molecular formula is C21H14Cl2N2O2. The molecule has 0 bridgehead atoms. The van der Waals surface area contributed by atoms with E-state index in [1.165, 1.54) is 6.07 Å². The van der Waals surface area contributed by atoms with Crippen LogP contribution in [0, 0.1) is 6.92 Å². The first-order valence-corrected chi connectivity index (χ1v) is 8.99. The highest BCUT2D eigenvalue weighted by atomic mass is 35.5. The van der Waals surface area contributed by atoms with Crippen molar-refractivity contribution >= 4 is 45.9 Å². The molecule has 4 aromatic rings. The molecule has 1 amide bonds. The van der Waals surface area contributed by atoms with Crippen LogP contribution in [0.25, 0.3) is 22.6 Å². The molecule has 0 saturated carbocycles. The van der Waals surface area contributed by atoms with E-state index in [0.29, 0.717) is 27.2 Å². The quantitative estimate of drug-likeness (QED) is 0.438. The van der Waals surface area contributed by atoms with Crippen LogP contribution in [0.2, 0.25) is 10.0 Å². The van der Waals surface area contributed by atoms with Gasteiger partial charge in [-0.25, -0.2) is 4.98 Å². The zero-order chi connectivity index (χ0) is 19.0. The second-order valence-electron chi connectivity index (χ2n) is 6.15. The summed E-state index contributed by atoms with van der Waals surface area (Å²) in [6, 6.07) is 17.9. The van der Waals surface area contributed by atoms with E-state index < -0.39 is 0 Å². The number of carbonyl (C=O) groups excluding carboxylic acids is 1. The summed E-state index contributed by atoms with van der Waals surface area (Å²) in [7, 11) is 0.